The lowest BCUT2D eigenvalue weighted by molar-refractivity contribution is -0.123. The van der Waals surface area contributed by atoms with Crippen LogP contribution in [0.15, 0.2) is 66.0 Å². The Labute approximate surface area is 177 Å². The van der Waals surface area contributed by atoms with Gasteiger partial charge in [-0.05, 0) is 37.1 Å². The number of hydrogen-bond donors (Lipinski definition) is 1. The molecule has 1 fully saturated rings. The van der Waals surface area contributed by atoms with Crippen molar-refractivity contribution in [3.05, 3.63) is 78.3 Å². The summed E-state index contributed by atoms with van der Waals surface area (Å²) >= 11 is 0. The zero-order valence-corrected chi connectivity index (χ0v) is 16.9. The van der Waals surface area contributed by atoms with Gasteiger partial charge in [0.2, 0.25) is 6.10 Å². The van der Waals surface area contributed by atoms with Crippen LogP contribution in [0.3, 0.4) is 0 Å². The summed E-state index contributed by atoms with van der Waals surface area (Å²) in [5, 5.41) is 2.14. The first-order valence-corrected chi connectivity index (χ1v) is 10.9. The number of nitrogens with one attached hydrogen (secondary N) is 1. The summed E-state index contributed by atoms with van der Waals surface area (Å²) < 4.78 is 57.7. The molecule has 31 heavy (non-hydrogen) atoms. The fraction of sp³-hybridized carbons (Fsp3) is 0.190. The molecule has 1 unspecified atom stereocenters. The van der Waals surface area contributed by atoms with Crippen LogP contribution in [0.25, 0.3) is 0 Å². The Morgan fingerprint density at radius 3 is 2.45 bits per heavy atom. The van der Waals surface area contributed by atoms with Crippen molar-refractivity contribution in [1.29, 1.82) is 0 Å². The van der Waals surface area contributed by atoms with E-state index in [2.05, 4.69) is 15.3 Å². The predicted octanol–water partition coefficient (Wildman–Crippen LogP) is 3.45. The average Bonchev–Trinajstić information content (AvgIpc) is 3.60. The van der Waals surface area contributed by atoms with Gasteiger partial charge in [-0.1, -0.05) is 12.1 Å². The molecule has 1 saturated carbocycles. The third-order valence-corrected chi connectivity index (χ3v) is 6.94. The highest BCUT2D eigenvalue weighted by molar-refractivity contribution is 7.92. The number of sulfone groups is 1. The van der Waals surface area contributed by atoms with Crippen LogP contribution in [0.2, 0.25) is 0 Å². The quantitative estimate of drug-likeness (QED) is 0.598. The molecule has 7 nitrogen and oxygen atoms in total. The lowest BCUT2D eigenvalue weighted by Crippen LogP contribution is -2.26. The summed E-state index contributed by atoms with van der Waals surface area (Å²) in [6.45, 7) is 0. The molecule has 1 N–H and O–H groups in total. The van der Waals surface area contributed by atoms with E-state index in [0.717, 1.165) is 12.1 Å². The molecule has 2 aromatic carbocycles. The summed E-state index contributed by atoms with van der Waals surface area (Å²) in [7, 11) is -3.41. The Kier molecular flexibility index (Phi) is 5.64. The van der Waals surface area contributed by atoms with E-state index in [1.165, 1.54) is 42.9 Å². The Morgan fingerprint density at radius 2 is 1.84 bits per heavy atom. The van der Waals surface area contributed by atoms with E-state index in [-0.39, 0.29) is 27.3 Å². The van der Waals surface area contributed by atoms with Crippen molar-refractivity contribution < 1.29 is 26.7 Å². The molecule has 1 atom stereocenters. The molecule has 0 saturated heterocycles. The van der Waals surface area contributed by atoms with E-state index in [4.69, 9.17) is 4.74 Å². The third-order valence-electron chi connectivity index (χ3n) is 4.67. The summed E-state index contributed by atoms with van der Waals surface area (Å²) in [5.74, 6) is -2.66. The van der Waals surface area contributed by atoms with Crippen LogP contribution in [-0.2, 0) is 14.6 Å². The maximum atomic E-state index is 14.1. The van der Waals surface area contributed by atoms with Crippen molar-refractivity contribution in [2.24, 2.45) is 0 Å². The first-order chi connectivity index (χ1) is 14.8. The van der Waals surface area contributed by atoms with Crippen molar-refractivity contribution in [2.45, 2.75) is 29.1 Å². The third kappa shape index (κ3) is 4.69. The monoisotopic (exact) mass is 445 g/mol. The number of amides is 1. The van der Waals surface area contributed by atoms with E-state index in [1.54, 1.807) is 0 Å². The summed E-state index contributed by atoms with van der Waals surface area (Å²) in [4.78, 5) is 20.8. The second-order valence-electron chi connectivity index (χ2n) is 6.97. The maximum Gasteiger partial charge on any atom is 0.271 e. The highest BCUT2D eigenvalue weighted by Crippen LogP contribution is 2.34. The Bertz CT molecular complexity index is 1200. The Hall–Kier alpha value is -3.40. The van der Waals surface area contributed by atoms with Gasteiger partial charge < -0.3 is 10.1 Å². The number of benzene rings is 2. The fourth-order valence-corrected chi connectivity index (χ4v) is 4.59. The van der Waals surface area contributed by atoms with Gasteiger partial charge >= 0.3 is 0 Å². The van der Waals surface area contributed by atoms with E-state index < -0.39 is 33.5 Å². The molecule has 1 aliphatic rings. The van der Waals surface area contributed by atoms with Gasteiger partial charge in [0, 0.05) is 24.0 Å². The zero-order chi connectivity index (χ0) is 22.0. The maximum absolute atomic E-state index is 14.1. The molecule has 4 rings (SSSR count). The second-order valence-corrected chi connectivity index (χ2v) is 9.19. The number of hydrogen-bond acceptors (Lipinski definition) is 6. The van der Waals surface area contributed by atoms with Gasteiger partial charge in [0.1, 0.15) is 5.82 Å². The van der Waals surface area contributed by atoms with Gasteiger partial charge in [0.15, 0.2) is 27.2 Å². The lowest BCUT2D eigenvalue weighted by atomic mass is 10.1. The molecule has 0 aliphatic heterocycles. The lowest BCUT2D eigenvalue weighted by Gasteiger charge is -2.19. The van der Waals surface area contributed by atoms with Crippen LogP contribution < -0.4 is 10.1 Å². The Balaban J connectivity index is 1.64. The molecule has 1 aromatic heterocycles. The molecule has 3 aromatic rings. The number of rotatable bonds is 7. The van der Waals surface area contributed by atoms with Crippen LogP contribution >= 0.6 is 0 Å². The van der Waals surface area contributed by atoms with Crippen molar-refractivity contribution in [1.82, 2.24) is 9.97 Å². The molecule has 160 valence electrons. The van der Waals surface area contributed by atoms with E-state index >= 15 is 0 Å². The van der Waals surface area contributed by atoms with E-state index in [0.29, 0.717) is 18.9 Å². The van der Waals surface area contributed by atoms with Crippen LogP contribution in [0.5, 0.6) is 5.75 Å². The van der Waals surface area contributed by atoms with E-state index in [1.807, 2.05) is 0 Å². The zero-order valence-electron chi connectivity index (χ0n) is 16.0. The number of carbonyl (C=O) groups is 1. The summed E-state index contributed by atoms with van der Waals surface area (Å²) in [6, 6.07) is 8.33. The molecule has 1 aliphatic carbocycles. The van der Waals surface area contributed by atoms with Crippen molar-refractivity contribution in [3.63, 3.8) is 0 Å². The summed E-state index contributed by atoms with van der Waals surface area (Å²) in [6.07, 6.45) is 4.01. The fourth-order valence-electron chi connectivity index (χ4n) is 2.93. The van der Waals surface area contributed by atoms with Crippen molar-refractivity contribution in [2.75, 3.05) is 5.32 Å². The van der Waals surface area contributed by atoms with Gasteiger partial charge in [-0.15, -0.1) is 0 Å². The number of halogens is 2. The Morgan fingerprint density at radius 1 is 1.10 bits per heavy atom. The average molecular weight is 445 g/mol. The number of carbonyl (C=O) groups excluding carboxylic acids is 1. The van der Waals surface area contributed by atoms with Gasteiger partial charge in [0.25, 0.3) is 5.91 Å². The van der Waals surface area contributed by atoms with Crippen LogP contribution in [-0.4, -0.2) is 29.5 Å². The standard InChI is InChI=1S/C21H17F2N3O4S/c22-14-3-8-18(17(23)11-14)30-20(21(27)26-19-12-24-9-10-25-19)13-1-4-15(5-2-13)31(28,29)16-6-7-16/h1-5,8-12,16,20H,6-7H2,(H,25,26,27). The van der Waals surface area contributed by atoms with Crippen molar-refractivity contribution in [3.8, 4) is 5.75 Å². The number of nitrogens with zero attached hydrogens (tertiary/aromatic N) is 2. The molecule has 0 bridgehead atoms. The molecule has 10 heteroatoms. The van der Waals surface area contributed by atoms with Gasteiger partial charge in [-0.3, -0.25) is 9.78 Å². The minimum Gasteiger partial charge on any atom is -0.473 e. The second kappa shape index (κ2) is 8.38. The molecule has 1 amide bonds. The highest BCUT2D eigenvalue weighted by Gasteiger charge is 2.37. The van der Waals surface area contributed by atoms with Gasteiger partial charge in [-0.25, -0.2) is 22.2 Å². The molecular formula is C21H17F2N3O4S. The minimum atomic E-state index is -3.41. The number of aromatic nitrogens is 2. The smallest absolute Gasteiger partial charge is 0.271 e. The van der Waals surface area contributed by atoms with Crippen LogP contribution in [0.1, 0.15) is 24.5 Å². The van der Waals surface area contributed by atoms with Gasteiger partial charge in [-0.2, -0.15) is 0 Å². The van der Waals surface area contributed by atoms with Gasteiger partial charge in [0.05, 0.1) is 16.3 Å². The first-order valence-electron chi connectivity index (χ1n) is 9.37. The molecule has 0 spiro atoms. The predicted molar refractivity (Wildman–Crippen MR) is 107 cm³/mol. The van der Waals surface area contributed by atoms with Crippen LogP contribution in [0, 0.1) is 11.6 Å². The summed E-state index contributed by atoms with van der Waals surface area (Å²) in [5.41, 5.74) is 0.278. The normalized spacial score (nSPS) is 14.6. The van der Waals surface area contributed by atoms with Crippen LogP contribution in [0.4, 0.5) is 14.6 Å². The highest BCUT2D eigenvalue weighted by atomic mass is 32.2. The topological polar surface area (TPSA) is 98.2 Å². The van der Waals surface area contributed by atoms with E-state index in [9.17, 15) is 22.0 Å². The largest absolute Gasteiger partial charge is 0.473 e. The first kappa shape index (κ1) is 20.9. The SMILES string of the molecule is O=C(Nc1cnccn1)C(Oc1ccc(F)cc1F)c1ccc(S(=O)(=O)C2CC2)cc1. The molecule has 1 heterocycles. The molecular weight excluding hydrogens is 428 g/mol. The number of anilines is 1. The minimum absolute atomic E-state index is 0.139. The number of ether oxygens (including phenoxy) is 1. The molecule has 0 radical (unpaired) electrons. The van der Waals surface area contributed by atoms with Crippen molar-refractivity contribution >= 4 is 21.6 Å².